The van der Waals surface area contributed by atoms with Gasteiger partial charge in [-0.2, -0.15) is 0 Å². The van der Waals surface area contributed by atoms with Gasteiger partial charge in [-0.05, 0) is 77.2 Å². The van der Waals surface area contributed by atoms with Crippen molar-refractivity contribution in [1.29, 1.82) is 0 Å². The van der Waals surface area contributed by atoms with Crippen LogP contribution in [0, 0.1) is 0 Å². The highest BCUT2D eigenvalue weighted by Gasteiger charge is 2.10. The normalized spacial score (nSPS) is 11.4. The highest BCUT2D eigenvalue weighted by atomic mass is 16.5. The quantitative estimate of drug-likeness (QED) is 0.164. The van der Waals surface area contributed by atoms with Crippen molar-refractivity contribution in [3.63, 3.8) is 0 Å². The average molecular weight is 575 g/mol. The van der Waals surface area contributed by atoms with E-state index >= 15 is 0 Å². The molecule has 0 saturated carbocycles. The van der Waals surface area contributed by atoms with Crippen LogP contribution in [0.5, 0.6) is 40.2 Å². The molecule has 0 bridgehead atoms. The maximum absolute atomic E-state index is 10.1. The lowest BCUT2D eigenvalue weighted by atomic mass is 10.1. The zero-order valence-corrected chi connectivity index (χ0v) is 24.7. The minimum absolute atomic E-state index is 0.295. The smallest absolute Gasteiger partial charge is 0.123 e. The van der Waals surface area contributed by atoms with E-state index in [0.717, 1.165) is 22.3 Å². The molecule has 4 rings (SSSR count). The summed E-state index contributed by atoms with van der Waals surface area (Å²) in [5, 5.41) is 10.1. The lowest BCUT2D eigenvalue weighted by molar-refractivity contribution is 0.173. The van der Waals surface area contributed by atoms with Gasteiger partial charge in [-0.15, -0.1) is 0 Å². The molecule has 4 aromatic carbocycles. The van der Waals surface area contributed by atoms with Gasteiger partial charge in [0, 0.05) is 18.2 Å². The van der Waals surface area contributed by atoms with Gasteiger partial charge in [0.25, 0.3) is 0 Å². The predicted octanol–water partition coefficient (Wildman–Crippen LogP) is 6.90. The molecule has 0 heterocycles. The highest BCUT2D eigenvalue weighted by Crippen LogP contribution is 2.29. The Bertz CT molecular complexity index is 1310. The third-order valence-corrected chi connectivity index (χ3v) is 6.63. The second kappa shape index (κ2) is 14.9. The zero-order valence-electron chi connectivity index (χ0n) is 24.7. The van der Waals surface area contributed by atoms with Gasteiger partial charge in [0.1, 0.15) is 60.1 Å². The summed E-state index contributed by atoms with van der Waals surface area (Å²) in [6.45, 7) is 2.83. The molecule has 42 heavy (non-hydrogen) atoms. The molecule has 0 aromatic heterocycles. The molecule has 0 saturated heterocycles. The first-order valence-electron chi connectivity index (χ1n) is 13.7. The second-order valence-corrected chi connectivity index (χ2v) is 9.61. The topological polar surface area (TPSA) is 84.8 Å². The van der Waals surface area contributed by atoms with Gasteiger partial charge in [-0.25, -0.2) is 0 Å². The predicted molar refractivity (Wildman–Crippen MR) is 160 cm³/mol. The van der Waals surface area contributed by atoms with E-state index in [9.17, 15) is 5.11 Å². The summed E-state index contributed by atoms with van der Waals surface area (Å²) in [4.78, 5) is 0. The molecular weight excluding hydrogens is 536 g/mol. The van der Waals surface area contributed by atoms with Crippen molar-refractivity contribution < 1.29 is 38.3 Å². The van der Waals surface area contributed by atoms with Crippen LogP contribution in [0.3, 0.4) is 0 Å². The fourth-order valence-corrected chi connectivity index (χ4v) is 4.30. The standard InChI is InChI=1S/C34H38O8/c1-6-34(35)26-7-9-27(10-8-26)40-20-25-15-32(41-21-23-11-28(36-2)17-29(12-23)37-3)19-33(16-25)42-22-24-13-30(38-4)18-31(14-24)39-5/h7-19,34-35H,6,20-22H2,1-5H3/t34-/m1/s1. The van der Waals surface area contributed by atoms with E-state index in [1.54, 1.807) is 28.4 Å². The number of aliphatic hydroxyl groups is 1. The summed E-state index contributed by atoms with van der Waals surface area (Å²) < 4.78 is 40.0. The van der Waals surface area contributed by atoms with E-state index in [0.29, 0.717) is 66.5 Å². The number of methoxy groups -OCH3 is 4. The summed E-state index contributed by atoms with van der Waals surface area (Å²) in [5.74, 6) is 4.68. The van der Waals surface area contributed by atoms with E-state index in [1.165, 1.54) is 0 Å². The van der Waals surface area contributed by atoms with Gasteiger partial charge in [-0.1, -0.05) is 19.1 Å². The number of ether oxygens (including phenoxy) is 7. The van der Waals surface area contributed by atoms with Crippen LogP contribution >= 0.6 is 0 Å². The summed E-state index contributed by atoms with van der Waals surface area (Å²) >= 11 is 0. The SMILES string of the molecule is CC[C@@H](O)c1ccc(OCc2cc(OCc3cc(OC)cc(OC)c3)cc(OCc3cc(OC)cc(OC)c3)c2)cc1. The number of benzene rings is 4. The van der Waals surface area contributed by atoms with E-state index in [1.807, 2.05) is 85.8 Å². The van der Waals surface area contributed by atoms with Crippen LogP contribution in [-0.4, -0.2) is 33.5 Å². The molecule has 0 amide bonds. The molecule has 0 unspecified atom stereocenters. The molecule has 0 aliphatic rings. The van der Waals surface area contributed by atoms with E-state index < -0.39 is 6.10 Å². The fraction of sp³-hybridized carbons (Fsp3) is 0.294. The summed E-state index contributed by atoms with van der Waals surface area (Å²) in [6.07, 6.45) is 0.169. The number of rotatable bonds is 15. The third-order valence-electron chi connectivity index (χ3n) is 6.63. The number of hydrogen-bond acceptors (Lipinski definition) is 8. The Morgan fingerprint density at radius 3 is 1.17 bits per heavy atom. The van der Waals surface area contributed by atoms with Crippen LogP contribution in [0.2, 0.25) is 0 Å². The summed E-state index contributed by atoms with van der Waals surface area (Å²) in [7, 11) is 6.46. The van der Waals surface area contributed by atoms with Gasteiger partial charge in [0.2, 0.25) is 0 Å². The van der Waals surface area contributed by atoms with Crippen molar-refractivity contribution in [3.05, 3.63) is 101 Å². The van der Waals surface area contributed by atoms with Crippen molar-refractivity contribution in [2.75, 3.05) is 28.4 Å². The van der Waals surface area contributed by atoms with Crippen LogP contribution in [0.15, 0.2) is 78.9 Å². The van der Waals surface area contributed by atoms with Crippen LogP contribution in [0.1, 0.15) is 41.7 Å². The van der Waals surface area contributed by atoms with E-state index in [4.69, 9.17) is 33.2 Å². The molecule has 222 valence electrons. The highest BCUT2D eigenvalue weighted by molar-refractivity contribution is 5.42. The molecule has 0 aliphatic heterocycles. The summed E-state index contributed by atoms with van der Waals surface area (Å²) in [6, 6.07) is 24.4. The Hall–Kier alpha value is -4.56. The monoisotopic (exact) mass is 574 g/mol. The Kier molecular flexibility index (Phi) is 10.8. The van der Waals surface area contributed by atoms with Crippen molar-refractivity contribution in [1.82, 2.24) is 0 Å². The lowest BCUT2D eigenvalue weighted by Gasteiger charge is -2.15. The van der Waals surface area contributed by atoms with Gasteiger partial charge < -0.3 is 38.3 Å². The maximum Gasteiger partial charge on any atom is 0.123 e. The van der Waals surface area contributed by atoms with Crippen molar-refractivity contribution in [2.24, 2.45) is 0 Å². The van der Waals surface area contributed by atoms with Crippen LogP contribution < -0.4 is 33.2 Å². The zero-order chi connectivity index (χ0) is 29.9. The van der Waals surface area contributed by atoms with Crippen LogP contribution in [-0.2, 0) is 19.8 Å². The Morgan fingerprint density at radius 2 is 0.810 bits per heavy atom. The Labute approximate surface area is 247 Å². The van der Waals surface area contributed by atoms with Crippen molar-refractivity contribution in [3.8, 4) is 40.2 Å². The Balaban J connectivity index is 1.53. The first-order valence-corrected chi connectivity index (χ1v) is 13.7. The van der Waals surface area contributed by atoms with Gasteiger partial charge in [-0.3, -0.25) is 0 Å². The van der Waals surface area contributed by atoms with E-state index in [-0.39, 0.29) is 0 Å². The molecule has 0 aliphatic carbocycles. The molecule has 1 N–H and O–H groups in total. The van der Waals surface area contributed by atoms with Crippen LogP contribution in [0.4, 0.5) is 0 Å². The fourth-order valence-electron chi connectivity index (χ4n) is 4.30. The largest absolute Gasteiger partial charge is 0.497 e. The molecular formula is C34H38O8. The van der Waals surface area contributed by atoms with Crippen molar-refractivity contribution >= 4 is 0 Å². The van der Waals surface area contributed by atoms with Gasteiger partial charge in [0.15, 0.2) is 0 Å². The molecule has 4 aromatic rings. The van der Waals surface area contributed by atoms with Gasteiger partial charge >= 0.3 is 0 Å². The number of hydrogen-bond donors (Lipinski definition) is 1. The third kappa shape index (κ3) is 8.47. The lowest BCUT2D eigenvalue weighted by Crippen LogP contribution is -2.02. The first kappa shape index (κ1) is 30.4. The number of aliphatic hydroxyl groups excluding tert-OH is 1. The van der Waals surface area contributed by atoms with Crippen LogP contribution in [0.25, 0.3) is 0 Å². The molecule has 0 spiro atoms. The maximum atomic E-state index is 10.1. The minimum atomic E-state index is -0.485. The van der Waals surface area contributed by atoms with E-state index in [2.05, 4.69) is 0 Å². The molecule has 0 fully saturated rings. The first-order chi connectivity index (χ1) is 20.4. The second-order valence-electron chi connectivity index (χ2n) is 9.61. The van der Waals surface area contributed by atoms with Crippen molar-refractivity contribution in [2.45, 2.75) is 39.3 Å². The summed E-state index contributed by atoms with van der Waals surface area (Å²) in [5.41, 5.74) is 3.52. The molecule has 0 radical (unpaired) electrons. The minimum Gasteiger partial charge on any atom is -0.497 e. The molecule has 1 atom stereocenters. The van der Waals surface area contributed by atoms with Gasteiger partial charge in [0.05, 0.1) is 34.5 Å². The average Bonchev–Trinajstić information content (AvgIpc) is 3.04. The molecule has 8 nitrogen and oxygen atoms in total. The molecule has 8 heteroatoms. The Morgan fingerprint density at radius 1 is 0.476 bits per heavy atom.